The normalized spacial score (nSPS) is 12.9. The molecule has 0 saturated carbocycles. The van der Waals surface area contributed by atoms with E-state index in [1.165, 1.54) is 24.3 Å². The number of rotatable bonds is 10. The van der Waals surface area contributed by atoms with Gasteiger partial charge in [-0.3, -0.25) is 9.59 Å². The van der Waals surface area contributed by atoms with Crippen LogP contribution in [0.5, 0.6) is 0 Å². The largest absolute Gasteiger partial charge is 0.466 e. The second-order valence-corrected chi connectivity index (χ2v) is 7.23. The Hall–Kier alpha value is -3.44. The van der Waals surface area contributed by atoms with E-state index in [-0.39, 0.29) is 13.2 Å². The fourth-order valence-corrected chi connectivity index (χ4v) is 2.74. The summed E-state index contributed by atoms with van der Waals surface area (Å²) >= 11 is 0. The molecule has 0 aromatic heterocycles. The Kier molecular flexibility index (Phi) is 12.6. The first-order chi connectivity index (χ1) is 16.9. The van der Waals surface area contributed by atoms with Crippen molar-refractivity contribution in [3.63, 3.8) is 0 Å². The van der Waals surface area contributed by atoms with Gasteiger partial charge in [0.05, 0.1) is 26.1 Å². The van der Waals surface area contributed by atoms with Gasteiger partial charge in [0.15, 0.2) is 0 Å². The standard InChI is InChI=1S/2C12H14F3NO2/c2*1-2-18-11(17)8-10(12(13,14)15)16-9-6-4-3-5-7-9/h2*3-7,10,16H,2,8H2,1H3/t2*10-/m11/s1. The van der Waals surface area contributed by atoms with E-state index in [9.17, 15) is 35.9 Å². The fourth-order valence-electron chi connectivity index (χ4n) is 2.74. The minimum Gasteiger partial charge on any atom is -0.466 e. The highest BCUT2D eigenvalue weighted by Gasteiger charge is 2.42. The lowest BCUT2D eigenvalue weighted by Crippen LogP contribution is -2.38. The predicted octanol–water partition coefficient (Wildman–Crippen LogP) is 5.97. The second kappa shape index (κ2) is 14.8. The van der Waals surface area contributed by atoms with Crippen molar-refractivity contribution in [3.8, 4) is 0 Å². The van der Waals surface area contributed by atoms with E-state index in [4.69, 9.17) is 0 Å². The number of ether oxygens (including phenoxy) is 2. The number of esters is 2. The highest BCUT2D eigenvalue weighted by molar-refractivity contribution is 5.71. The second-order valence-electron chi connectivity index (χ2n) is 7.23. The highest BCUT2D eigenvalue weighted by Crippen LogP contribution is 2.27. The summed E-state index contributed by atoms with van der Waals surface area (Å²) in [7, 11) is 0. The first kappa shape index (κ1) is 30.6. The molecular formula is C24H28F6N2O4. The van der Waals surface area contributed by atoms with Gasteiger partial charge in [-0.2, -0.15) is 26.3 Å². The molecule has 2 N–H and O–H groups in total. The third-order valence-corrected chi connectivity index (χ3v) is 4.37. The minimum atomic E-state index is -4.51. The molecular weight excluding hydrogens is 494 g/mol. The summed E-state index contributed by atoms with van der Waals surface area (Å²) in [5.74, 6) is -1.74. The van der Waals surface area contributed by atoms with E-state index in [1.54, 1.807) is 50.2 Å². The molecule has 2 rings (SSSR count). The monoisotopic (exact) mass is 522 g/mol. The maximum absolute atomic E-state index is 12.7. The van der Waals surface area contributed by atoms with Crippen LogP contribution in [0.15, 0.2) is 60.7 Å². The minimum absolute atomic E-state index is 0.0642. The number of alkyl halides is 6. The van der Waals surface area contributed by atoms with Gasteiger partial charge in [-0.05, 0) is 38.1 Å². The van der Waals surface area contributed by atoms with Crippen LogP contribution in [-0.4, -0.2) is 49.6 Å². The van der Waals surface area contributed by atoms with Crippen LogP contribution in [0.3, 0.4) is 0 Å². The average molecular weight is 522 g/mol. The number of carbonyl (C=O) groups excluding carboxylic acids is 2. The van der Waals surface area contributed by atoms with Crippen LogP contribution in [-0.2, 0) is 19.1 Å². The number of halogens is 6. The van der Waals surface area contributed by atoms with Crippen molar-refractivity contribution < 1.29 is 45.4 Å². The summed E-state index contributed by atoms with van der Waals surface area (Å²) in [6, 6.07) is 12.0. The molecule has 2 aromatic carbocycles. The molecule has 6 nitrogen and oxygen atoms in total. The molecule has 0 spiro atoms. The molecule has 0 radical (unpaired) electrons. The Balaban J connectivity index is 0.000000360. The van der Waals surface area contributed by atoms with Crippen molar-refractivity contribution in [2.45, 2.75) is 51.1 Å². The smallest absolute Gasteiger partial charge is 0.409 e. The molecule has 0 unspecified atom stereocenters. The predicted molar refractivity (Wildman–Crippen MR) is 122 cm³/mol. The van der Waals surface area contributed by atoms with Gasteiger partial charge in [-0.1, -0.05) is 36.4 Å². The zero-order valence-corrected chi connectivity index (χ0v) is 19.7. The van der Waals surface area contributed by atoms with Crippen molar-refractivity contribution in [2.24, 2.45) is 0 Å². The molecule has 2 aromatic rings. The molecule has 12 heteroatoms. The molecule has 200 valence electrons. The van der Waals surface area contributed by atoms with Gasteiger partial charge in [0, 0.05) is 11.4 Å². The zero-order valence-electron chi connectivity index (χ0n) is 19.7. The summed E-state index contributed by atoms with van der Waals surface area (Å²) in [4.78, 5) is 22.3. The van der Waals surface area contributed by atoms with Crippen molar-refractivity contribution >= 4 is 23.3 Å². The lowest BCUT2D eigenvalue weighted by molar-refractivity contribution is -0.161. The van der Waals surface area contributed by atoms with Gasteiger partial charge in [-0.25, -0.2) is 0 Å². The average Bonchev–Trinajstić information content (AvgIpc) is 2.79. The fraction of sp³-hybridized carbons (Fsp3) is 0.417. The van der Waals surface area contributed by atoms with E-state index in [2.05, 4.69) is 20.1 Å². The Morgan fingerprint density at radius 3 is 1.22 bits per heavy atom. The lowest BCUT2D eigenvalue weighted by Gasteiger charge is -2.21. The number of nitrogens with one attached hydrogen (secondary N) is 2. The summed E-state index contributed by atoms with van der Waals surface area (Å²) < 4.78 is 85.5. The summed E-state index contributed by atoms with van der Waals surface area (Å²) in [5.41, 5.74) is 0.619. The van der Waals surface area contributed by atoms with Crippen LogP contribution in [0.4, 0.5) is 37.7 Å². The molecule has 0 aliphatic heterocycles. The van der Waals surface area contributed by atoms with E-state index in [0.29, 0.717) is 11.4 Å². The Labute approximate surface area is 205 Å². The molecule has 0 saturated heterocycles. The number of para-hydroxylation sites is 2. The van der Waals surface area contributed by atoms with Crippen LogP contribution in [0, 0.1) is 0 Å². The van der Waals surface area contributed by atoms with Crippen LogP contribution >= 0.6 is 0 Å². The van der Waals surface area contributed by atoms with E-state index >= 15 is 0 Å². The van der Waals surface area contributed by atoms with Crippen molar-refractivity contribution in [1.29, 1.82) is 0 Å². The van der Waals surface area contributed by atoms with E-state index in [1.807, 2.05) is 0 Å². The summed E-state index contributed by atoms with van der Waals surface area (Å²) in [5, 5.41) is 4.56. The third-order valence-electron chi connectivity index (χ3n) is 4.37. The zero-order chi connectivity index (χ0) is 27.2. The Bertz CT molecular complexity index is 833. The molecule has 0 aliphatic rings. The summed E-state index contributed by atoms with van der Waals surface area (Å²) in [6.45, 7) is 3.22. The molecule has 36 heavy (non-hydrogen) atoms. The van der Waals surface area contributed by atoms with Crippen LogP contribution in [0.2, 0.25) is 0 Å². The third kappa shape index (κ3) is 12.3. The van der Waals surface area contributed by atoms with Gasteiger partial charge in [0.25, 0.3) is 0 Å². The first-order valence-electron chi connectivity index (χ1n) is 10.9. The van der Waals surface area contributed by atoms with Crippen molar-refractivity contribution in [1.82, 2.24) is 0 Å². The van der Waals surface area contributed by atoms with Crippen LogP contribution < -0.4 is 10.6 Å². The Morgan fingerprint density at radius 2 is 0.972 bits per heavy atom. The topological polar surface area (TPSA) is 76.7 Å². The first-order valence-corrected chi connectivity index (χ1v) is 10.9. The van der Waals surface area contributed by atoms with Crippen molar-refractivity contribution in [2.75, 3.05) is 23.8 Å². The van der Waals surface area contributed by atoms with Gasteiger partial charge >= 0.3 is 24.3 Å². The maximum atomic E-state index is 12.7. The van der Waals surface area contributed by atoms with Gasteiger partial charge in [-0.15, -0.1) is 0 Å². The van der Waals surface area contributed by atoms with Gasteiger partial charge < -0.3 is 20.1 Å². The number of carbonyl (C=O) groups is 2. The maximum Gasteiger partial charge on any atom is 0.409 e. The van der Waals surface area contributed by atoms with E-state index in [0.717, 1.165) is 0 Å². The SMILES string of the molecule is CCOC(=O)C[C@@H](Nc1ccccc1)C(F)(F)F.CCOC(=O)C[C@@H](Nc1ccccc1)C(F)(F)F. The van der Waals surface area contributed by atoms with Gasteiger partial charge in [0.1, 0.15) is 12.1 Å². The number of hydrogen-bond acceptors (Lipinski definition) is 6. The van der Waals surface area contributed by atoms with E-state index < -0.39 is 49.2 Å². The van der Waals surface area contributed by atoms with Crippen LogP contribution in [0.1, 0.15) is 26.7 Å². The summed E-state index contributed by atoms with van der Waals surface area (Å²) in [6.07, 6.45) is -10.5. The Morgan fingerprint density at radius 1 is 0.667 bits per heavy atom. The highest BCUT2D eigenvalue weighted by atomic mass is 19.4. The van der Waals surface area contributed by atoms with Gasteiger partial charge in [0.2, 0.25) is 0 Å². The molecule has 0 aliphatic carbocycles. The lowest BCUT2D eigenvalue weighted by atomic mass is 10.2. The molecule has 0 heterocycles. The quantitative estimate of drug-likeness (QED) is 0.296. The number of benzene rings is 2. The van der Waals surface area contributed by atoms with Crippen LogP contribution in [0.25, 0.3) is 0 Å². The van der Waals surface area contributed by atoms with Crippen molar-refractivity contribution in [3.05, 3.63) is 60.7 Å². The number of hydrogen-bond donors (Lipinski definition) is 2. The molecule has 0 fully saturated rings. The molecule has 2 atom stereocenters. The molecule has 0 bridgehead atoms. The molecule has 0 amide bonds. The number of anilines is 2.